The smallest absolute Gasteiger partial charge is 0.259 e. The second-order valence-corrected chi connectivity index (χ2v) is 3.71. The van der Waals surface area contributed by atoms with Crippen LogP contribution in [0.1, 0.15) is 10.4 Å². The van der Waals surface area contributed by atoms with Gasteiger partial charge in [0.05, 0.1) is 5.56 Å². The highest BCUT2D eigenvalue weighted by Gasteiger charge is 2.11. The van der Waals surface area contributed by atoms with Crippen molar-refractivity contribution < 1.29 is 20.1 Å². The quantitative estimate of drug-likeness (QED) is 0.652. The van der Waals surface area contributed by atoms with E-state index >= 15 is 0 Å². The minimum absolute atomic E-state index is 0.0303. The predicted octanol–water partition coefficient (Wildman–Crippen LogP) is 2.06. The fourth-order valence-electron chi connectivity index (χ4n) is 1.49. The van der Waals surface area contributed by atoms with Crippen LogP contribution in [0.2, 0.25) is 0 Å². The van der Waals surface area contributed by atoms with Crippen molar-refractivity contribution in [3.63, 3.8) is 0 Å². The van der Waals surface area contributed by atoms with Gasteiger partial charge >= 0.3 is 0 Å². The molecule has 0 spiro atoms. The third-order valence-corrected chi connectivity index (χ3v) is 2.33. The van der Waals surface area contributed by atoms with E-state index in [0.717, 1.165) is 6.07 Å². The molecule has 0 bridgehead atoms. The van der Waals surface area contributed by atoms with E-state index in [1.165, 1.54) is 24.3 Å². The highest BCUT2D eigenvalue weighted by molar-refractivity contribution is 6.06. The van der Waals surface area contributed by atoms with Crippen molar-refractivity contribution in [2.45, 2.75) is 0 Å². The van der Waals surface area contributed by atoms with Crippen LogP contribution in [0.3, 0.4) is 0 Å². The fraction of sp³-hybridized carbons (Fsp3) is 0. The number of hydrogen-bond acceptors (Lipinski definition) is 4. The zero-order chi connectivity index (χ0) is 13.1. The highest BCUT2D eigenvalue weighted by atomic mass is 16.3. The standard InChI is InChI=1S/C13H11NO4/c15-9-3-1-2-8(6-9)14-13(18)11-5-4-10(16)7-12(11)17/h1-7,15-17H,(H,14,18). The van der Waals surface area contributed by atoms with E-state index in [4.69, 9.17) is 5.11 Å². The van der Waals surface area contributed by atoms with Crippen LogP contribution in [0.5, 0.6) is 17.2 Å². The summed E-state index contributed by atoms with van der Waals surface area (Å²) < 4.78 is 0. The molecule has 5 heteroatoms. The Bertz CT molecular complexity index is 595. The molecule has 0 aliphatic carbocycles. The molecule has 2 aromatic rings. The third-order valence-electron chi connectivity index (χ3n) is 2.33. The summed E-state index contributed by atoms with van der Waals surface area (Å²) in [6.45, 7) is 0. The maximum atomic E-state index is 11.8. The number of phenols is 3. The first kappa shape index (κ1) is 11.8. The number of carbonyl (C=O) groups is 1. The molecule has 92 valence electrons. The van der Waals surface area contributed by atoms with Gasteiger partial charge in [-0.25, -0.2) is 0 Å². The molecule has 0 fully saturated rings. The molecule has 0 radical (unpaired) electrons. The largest absolute Gasteiger partial charge is 0.508 e. The number of anilines is 1. The molecule has 0 saturated carbocycles. The van der Waals surface area contributed by atoms with Crippen LogP contribution in [0.15, 0.2) is 42.5 Å². The van der Waals surface area contributed by atoms with Gasteiger partial charge in [-0.05, 0) is 24.3 Å². The zero-order valence-corrected chi connectivity index (χ0v) is 9.29. The first-order chi connectivity index (χ1) is 8.56. The Morgan fingerprint density at radius 1 is 0.944 bits per heavy atom. The second kappa shape index (κ2) is 4.67. The Labute approximate surface area is 103 Å². The SMILES string of the molecule is O=C(Nc1cccc(O)c1)c1ccc(O)cc1O. The molecular formula is C13H11NO4. The number of rotatable bonds is 2. The van der Waals surface area contributed by atoms with E-state index in [1.54, 1.807) is 12.1 Å². The number of phenolic OH excluding ortho intramolecular Hbond substituents is 3. The Hall–Kier alpha value is -2.69. The van der Waals surface area contributed by atoms with Crippen molar-refractivity contribution in [1.82, 2.24) is 0 Å². The van der Waals surface area contributed by atoms with Crippen molar-refractivity contribution >= 4 is 11.6 Å². The average molecular weight is 245 g/mol. The van der Waals surface area contributed by atoms with Gasteiger partial charge in [0.25, 0.3) is 5.91 Å². The van der Waals surface area contributed by atoms with E-state index < -0.39 is 5.91 Å². The highest BCUT2D eigenvalue weighted by Crippen LogP contribution is 2.24. The summed E-state index contributed by atoms with van der Waals surface area (Å²) in [5.41, 5.74) is 0.448. The summed E-state index contributed by atoms with van der Waals surface area (Å²) in [6.07, 6.45) is 0. The molecule has 0 heterocycles. The van der Waals surface area contributed by atoms with Crippen molar-refractivity contribution in [2.24, 2.45) is 0 Å². The van der Waals surface area contributed by atoms with Gasteiger partial charge in [0.15, 0.2) is 0 Å². The van der Waals surface area contributed by atoms with Gasteiger partial charge in [0.1, 0.15) is 17.2 Å². The maximum absolute atomic E-state index is 11.8. The number of benzene rings is 2. The Morgan fingerprint density at radius 2 is 1.67 bits per heavy atom. The van der Waals surface area contributed by atoms with Gasteiger partial charge in [0, 0.05) is 17.8 Å². The summed E-state index contributed by atoms with van der Waals surface area (Å²) in [7, 11) is 0. The van der Waals surface area contributed by atoms with Gasteiger partial charge in [0.2, 0.25) is 0 Å². The Kier molecular flexibility index (Phi) is 3.05. The summed E-state index contributed by atoms with van der Waals surface area (Å²) in [5, 5.41) is 30.4. The lowest BCUT2D eigenvalue weighted by atomic mass is 10.1. The first-order valence-electron chi connectivity index (χ1n) is 5.18. The van der Waals surface area contributed by atoms with Crippen LogP contribution in [-0.2, 0) is 0 Å². The zero-order valence-electron chi connectivity index (χ0n) is 9.29. The molecular weight excluding hydrogens is 234 g/mol. The number of nitrogens with one attached hydrogen (secondary N) is 1. The fourth-order valence-corrected chi connectivity index (χ4v) is 1.49. The molecule has 2 aromatic carbocycles. The van der Waals surface area contributed by atoms with E-state index in [2.05, 4.69) is 5.32 Å². The van der Waals surface area contributed by atoms with Crippen LogP contribution in [0.4, 0.5) is 5.69 Å². The lowest BCUT2D eigenvalue weighted by Gasteiger charge is -2.07. The topological polar surface area (TPSA) is 89.8 Å². The third kappa shape index (κ3) is 2.52. The summed E-state index contributed by atoms with van der Waals surface area (Å²) >= 11 is 0. The Balaban J connectivity index is 2.22. The molecule has 0 aliphatic rings. The van der Waals surface area contributed by atoms with E-state index in [0.29, 0.717) is 5.69 Å². The van der Waals surface area contributed by atoms with Crippen LogP contribution in [0.25, 0.3) is 0 Å². The average Bonchev–Trinajstić information content (AvgIpc) is 2.28. The van der Waals surface area contributed by atoms with Crippen molar-refractivity contribution in [1.29, 1.82) is 0 Å². The minimum atomic E-state index is -0.530. The Morgan fingerprint density at radius 3 is 2.33 bits per heavy atom. The van der Waals surface area contributed by atoms with Crippen molar-refractivity contribution in [3.05, 3.63) is 48.0 Å². The van der Waals surface area contributed by atoms with Crippen LogP contribution >= 0.6 is 0 Å². The summed E-state index contributed by atoms with van der Waals surface area (Å²) in [4.78, 5) is 11.8. The summed E-state index contributed by atoms with van der Waals surface area (Å²) in [5.74, 6) is -0.935. The molecule has 0 unspecified atom stereocenters. The van der Waals surface area contributed by atoms with Gasteiger partial charge in [-0.3, -0.25) is 4.79 Å². The molecule has 4 N–H and O–H groups in total. The molecule has 0 aromatic heterocycles. The monoisotopic (exact) mass is 245 g/mol. The number of hydrogen-bond donors (Lipinski definition) is 4. The number of carbonyl (C=O) groups excluding carboxylic acids is 1. The van der Waals surface area contributed by atoms with Gasteiger partial charge in [-0.15, -0.1) is 0 Å². The van der Waals surface area contributed by atoms with Crippen LogP contribution in [0, 0.1) is 0 Å². The molecule has 0 aliphatic heterocycles. The van der Waals surface area contributed by atoms with Crippen molar-refractivity contribution in [2.75, 3.05) is 5.32 Å². The van der Waals surface area contributed by atoms with Crippen LogP contribution < -0.4 is 5.32 Å². The van der Waals surface area contributed by atoms with Crippen molar-refractivity contribution in [3.8, 4) is 17.2 Å². The van der Waals surface area contributed by atoms with E-state index in [-0.39, 0.29) is 22.8 Å². The molecule has 0 saturated heterocycles. The summed E-state index contributed by atoms with van der Waals surface area (Å²) in [6, 6.07) is 9.75. The van der Waals surface area contributed by atoms with Gasteiger partial charge in [-0.2, -0.15) is 0 Å². The molecule has 2 rings (SSSR count). The molecule has 18 heavy (non-hydrogen) atoms. The number of aromatic hydroxyl groups is 3. The minimum Gasteiger partial charge on any atom is -0.508 e. The predicted molar refractivity (Wildman–Crippen MR) is 65.8 cm³/mol. The van der Waals surface area contributed by atoms with Gasteiger partial charge in [-0.1, -0.05) is 6.07 Å². The normalized spacial score (nSPS) is 10.0. The van der Waals surface area contributed by atoms with Gasteiger partial charge < -0.3 is 20.6 Å². The van der Waals surface area contributed by atoms with Crippen LogP contribution in [-0.4, -0.2) is 21.2 Å². The second-order valence-electron chi connectivity index (χ2n) is 3.71. The molecule has 1 amide bonds. The van der Waals surface area contributed by atoms with E-state index in [9.17, 15) is 15.0 Å². The number of amides is 1. The first-order valence-corrected chi connectivity index (χ1v) is 5.18. The lowest BCUT2D eigenvalue weighted by molar-refractivity contribution is 0.102. The lowest BCUT2D eigenvalue weighted by Crippen LogP contribution is -2.11. The molecule has 0 atom stereocenters. The molecule has 5 nitrogen and oxygen atoms in total. The maximum Gasteiger partial charge on any atom is 0.259 e. The van der Waals surface area contributed by atoms with E-state index in [1.807, 2.05) is 0 Å².